The molecule has 1 aromatic rings. The van der Waals surface area contributed by atoms with Gasteiger partial charge in [0.05, 0.1) is 24.9 Å². The Bertz CT molecular complexity index is 430. The summed E-state index contributed by atoms with van der Waals surface area (Å²) in [6.45, 7) is 10.1. The highest BCUT2D eigenvalue weighted by molar-refractivity contribution is 5.96. The van der Waals surface area contributed by atoms with Gasteiger partial charge in [-0.1, -0.05) is 13.8 Å². The first kappa shape index (κ1) is 13.1. The second-order valence-electron chi connectivity index (χ2n) is 5.40. The molecule has 4 nitrogen and oxygen atoms in total. The van der Waals surface area contributed by atoms with Gasteiger partial charge in [0, 0.05) is 12.5 Å². The molecule has 1 aliphatic heterocycles. The minimum Gasteiger partial charge on any atom is -0.468 e. The molecule has 0 aromatic carbocycles. The highest BCUT2D eigenvalue weighted by atomic mass is 16.5. The first-order chi connectivity index (χ1) is 8.47. The van der Waals surface area contributed by atoms with Crippen molar-refractivity contribution in [1.29, 1.82) is 0 Å². The van der Waals surface area contributed by atoms with Crippen LogP contribution in [0.2, 0.25) is 0 Å². The summed E-state index contributed by atoms with van der Waals surface area (Å²) in [6, 6.07) is 1.76. The van der Waals surface area contributed by atoms with E-state index in [1.807, 2.05) is 32.6 Å². The molecule has 1 aromatic heterocycles. The molecule has 0 bridgehead atoms. The van der Waals surface area contributed by atoms with Crippen LogP contribution >= 0.6 is 0 Å². The number of hydrogen-bond donors (Lipinski definition) is 0. The molecule has 0 aliphatic carbocycles. The summed E-state index contributed by atoms with van der Waals surface area (Å²) in [4.78, 5) is 14.1. The van der Waals surface area contributed by atoms with E-state index in [1.54, 1.807) is 12.3 Å². The van der Waals surface area contributed by atoms with Gasteiger partial charge in [0.2, 0.25) is 0 Å². The molecule has 2 heterocycles. The molecule has 1 aliphatic rings. The number of carbonyl (C=O) groups is 1. The number of hydrogen-bond acceptors (Lipinski definition) is 3. The van der Waals surface area contributed by atoms with Crippen LogP contribution in [0.3, 0.4) is 0 Å². The molecule has 0 atom stereocenters. The molecule has 1 amide bonds. The Morgan fingerprint density at radius 3 is 2.78 bits per heavy atom. The van der Waals surface area contributed by atoms with Crippen LogP contribution in [0.1, 0.15) is 49.7 Å². The number of furan rings is 1. The minimum absolute atomic E-state index is 0.0460. The van der Waals surface area contributed by atoms with Crippen molar-refractivity contribution in [3.8, 4) is 0 Å². The van der Waals surface area contributed by atoms with Gasteiger partial charge in [0.15, 0.2) is 0 Å². The quantitative estimate of drug-likeness (QED) is 0.826. The highest BCUT2D eigenvalue weighted by Crippen LogP contribution is 2.29. The normalized spacial score (nSPS) is 17.9. The van der Waals surface area contributed by atoms with Crippen LogP contribution in [0.25, 0.3) is 0 Å². The van der Waals surface area contributed by atoms with Crippen LogP contribution < -0.4 is 0 Å². The van der Waals surface area contributed by atoms with Crippen LogP contribution in [-0.2, 0) is 4.74 Å². The number of ether oxygens (including phenoxy) is 1. The fourth-order valence-corrected chi connectivity index (χ4v) is 2.46. The molecule has 100 valence electrons. The van der Waals surface area contributed by atoms with Crippen LogP contribution in [-0.4, -0.2) is 36.1 Å². The van der Waals surface area contributed by atoms with Crippen LogP contribution in [0.4, 0.5) is 0 Å². The van der Waals surface area contributed by atoms with E-state index in [4.69, 9.17) is 9.15 Å². The van der Waals surface area contributed by atoms with E-state index in [2.05, 4.69) is 0 Å². The summed E-state index contributed by atoms with van der Waals surface area (Å²) in [5, 5.41) is 0. The van der Waals surface area contributed by atoms with Crippen molar-refractivity contribution in [2.24, 2.45) is 0 Å². The lowest BCUT2D eigenvalue weighted by molar-refractivity contribution is -0.113. The van der Waals surface area contributed by atoms with Crippen LogP contribution in [0.15, 0.2) is 16.7 Å². The SMILES string of the molecule is CCOC1(C)CN(C(=O)c2ccoc2C(C)C)C1. The monoisotopic (exact) mass is 251 g/mol. The Kier molecular flexibility index (Phi) is 3.48. The molecule has 1 fully saturated rings. The standard InChI is InChI=1S/C14H21NO3/c1-5-18-14(4)8-15(9-14)13(16)11-6-7-17-12(11)10(2)3/h6-7,10H,5,8-9H2,1-4H3. The van der Waals surface area contributed by atoms with Crippen molar-refractivity contribution in [3.05, 3.63) is 23.7 Å². The third-order valence-corrected chi connectivity index (χ3v) is 3.28. The Morgan fingerprint density at radius 2 is 2.22 bits per heavy atom. The molecular weight excluding hydrogens is 230 g/mol. The summed E-state index contributed by atoms with van der Waals surface area (Å²) >= 11 is 0. The molecule has 1 saturated heterocycles. The predicted molar refractivity (Wildman–Crippen MR) is 68.7 cm³/mol. The maximum absolute atomic E-state index is 12.3. The van der Waals surface area contributed by atoms with Gasteiger partial charge in [-0.15, -0.1) is 0 Å². The largest absolute Gasteiger partial charge is 0.468 e. The number of nitrogens with zero attached hydrogens (tertiary/aromatic N) is 1. The van der Waals surface area contributed by atoms with E-state index in [9.17, 15) is 4.79 Å². The van der Waals surface area contributed by atoms with E-state index >= 15 is 0 Å². The van der Waals surface area contributed by atoms with Crippen molar-refractivity contribution < 1.29 is 13.9 Å². The number of amides is 1. The molecule has 18 heavy (non-hydrogen) atoms. The predicted octanol–water partition coefficient (Wildman–Crippen LogP) is 2.65. The van der Waals surface area contributed by atoms with Crippen molar-refractivity contribution in [3.63, 3.8) is 0 Å². The molecule has 0 saturated carbocycles. The Morgan fingerprint density at radius 1 is 1.56 bits per heavy atom. The molecule has 2 rings (SSSR count). The van der Waals surface area contributed by atoms with E-state index < -0.39 is 0 Å². The minimum atomic E-state index is -0.174. The highest BCUT2D eigenvalue weighted by Gasteiger charge is 2.43. The Labute approximate surface area is 108 Å². The summed E-state index contributed by atoms with van der Waals surface area (Å²) < 4.78 is 11.0. The Hall–Kier alpha value is -1.29. The summed E-state index contributed by atoms with van der Waals surface area (Å²) in [7, 11) is 0. The lowest BCUT2D eigenvalue weighted by Gasteiger charge is -2.47. The summed E-state index contributed by atoms with van der Waals surface area (Å²) in [5.74, 6) is 1.04. The summed E-state index contributed by atoms with van der Waals surface area (Å²) in [5.41, 5.74) is 0.509. The number of likely N-dealkylation sites (tertiary alicyclic amines) is 1. The molecular formula is C14H21NO3. The lowest BCUT2D eigenvalue weighted by Crippen LogP contribution is -2.63. The van der Waals surface area contributed by atoms with Gasteiger partial charge in [0.1, 0.15) is 11.4 Å². The zero-order valence-corrected chi connectivity index (χ0v) is 11.5. The van der Waals surface area contributed by atoms with Crippen molar-refractivity contribution in [1.82, 2.24) is 4.90 Å². The van der Waals surface area contributed by atoms with Gasteiger partial charge in [-0.3, -0.25) is 4.79 Å². The first-order valence-corrected chi connectivity index (χ1v) is 6.47. The zero-order valence-electron chi connectivity index (χ0n) is 11.5. The van der Waals surface area contributed by atoms with Crippen molar-refractivity contribution in [2.45, 2.75) is 39.2 Å². The lowest BCUT2D eigenvalue weighted by atomic mass is 9.94. The van der Waals surface area contributed by atoms with Gasteiger partial charge in [-0.2, -0.15) is 0 Å². The Balaban J connectivity index is 2.04. The van der Waals surface area contributed by atoms with Gasteiger partial charge in [-0.25, -0.2) is 0 Å². The van der Waals surface area contributed by atoms with Crippen molar-refractivity contribution >= 4 is 5.91 Å². The second-order valence-corrected chi connectivity index (χ2v) is 5.40. The molecule has 0 radical (unpaired) electrons. The van der Waals surface area contributed by atoms with Gasteiger partial charge >= 0.3 is 0 Å². The topological polar surface area (TPSA) is 42.7 Å². The number of carbonyl (C=O) groups excluding carboxylic acids is 1. The molecule has 0 N–H and O–H groups in total. The average molecular weight is 251 g/mol. The van der Waals surface area contributed by atoms with E-state index in [0.717, 1.165) is 5.76 Å². The third kappa shape index (κ3) is 2.29. The smallest absolute Gasteiger partial charge is 0.257 e. The fraction of sp³-hybridized carbons (Fsp3) is 0.643. The average Bonchev–Trinajstić information content (AvgIpc) is 2.73. The maximum atomic E-state index is 12.3. The van der Waals surface area contributed by atoms with Gasteiger partial charge < -0.3 is 14.1 Å². The molecule has 4 heteroatoms. The van der Waals surface area contributed by atoms with Crippen LogP contribution in [0, 0.1) is 0 Å². The molecule has 0 unspecified atom stereocenters. The summed E-state index contributed by atoms with van der Waals surface area (Å²) in [6.07, 6.45) is 1.59. The number of rotatable bonds is 4. The molecule has 0 spiro atoms. The maximum Gasteiger partial charge on any atom is 0.257 e. The van der Waals surface area contributed by atoms with Crippen LogP contribution in [0.5, 0.6) is 0 Å². The van der Waals surface area contributed by atoms with E-state index in [1.165, 1.54) is 0 Å². The third-order valence-electron chi connectivity index (χ3n) is 3.28. The van der Waals surface area contributed by atoms with E-state index in [0.29, 0.717) is 25.3 Å². The zero-order chi connectivity index (χ0) is 13.3. The second kappa shape index (κ2) is 4.76. The van der Waals surface area contributed by atoms with Gasteiger partial charge in [-0.05, 0) is 19.9 Å². The fourth-order valence-electron chi connectivity index (χ4n) is 2.46. The van der Waals surface area contributed by atoms with E-state index in [-0.39, 0.29) is 17.4 Å². The van der Waals surface area contributed by atoms with Crippen molar-refractivity contribution in [2.75, 3.05) is 19.7 Å². The first-order valence-electron chi connectivity index (χ1n) is 6.47. The van der Waals surface area contributed by atoms with Gasteiger partial charge in [0.25, 0.3) is 5.91 Å².